The third-order valence-corrected chi connectivity index (χ3v) is 5.82. The maximum atomic E-state index is 12.4. The van der Waals surface area contributed by atoms with Crippen molar-refractivity contribution >= 4 is 50.7 Å². The van der Waals surface area contributed by atoms with Crippen LogP contribution in [0.4, 0.5) is 5.69 Å². The van der Waals surface area contributed by atoms with Gasteiger partial charge in [-0.3, -0.25) is 9.59 Å². The van der Waals surface area contributed by atoms with Crippen molar-refractivity contribution in [1.29, 1.82) is 0 Å². The Morgan fingerprint density at radius 1 is 1.07 bits per heavy atom. The van der Waals surface area contributed by atoms with Crippen molar-refractivity contribution in [2.45, 2.75) is 31.3 Å². The number of carbonyl (C=O) groups is 2. The van der Waals surface area contributed by atoms with Gasteiger partial charge in [0, 0.05) is 29.2 Å². The van der Waals surface area contributed by atoms with E-state index in [4.69, 9.17) is 23.2 Å². The molecule has 0 fully saturated rings. The molecule has 0 saturated heterocycles. The number of rotatable bonds is 7. The van der Waals surface area contributed by atoms with Gasteiger partial charge in [0.2, 0.25) is 21.8 Å². The first-order chi connectivity index (χ1) is 13.1. The number of amides is 2. The van der Waals surface area contributed by atoms with Crippen LogP contribution in [-0.4, -0.2) is 26.3 Å². The largest absolute Gasteiger partial charge is 0.351 e. The molecule has 0 aliphatic carbocycles. The number of halogens is 2. The number of hydrogen-bond acceptors (Lipinski definition) is 4. The van der Waals surface area contributed by atoms with Crippen LogP contribution in [0.1, 0.15) is 19.4 Å². The molecule has 0 aromatic heterocycles. The molecular weight excluding hydrogens is 425 g/mol. The lowest BCUT2D eigenvalue weighted by Gasteiger charge is -2.15. The molecule has 2 amide bonds. The van der Waals surface area contributed by atoms with E-state index in [9.17, 15) is 18.0 Å². The minimum Gasteiger partial charge on any atom is -0.351 e. The van der Waals surface area contributed by atoms with Crippen molar-refractivity contribution in [3.63, 3.8) is 0 Å². The molecule has 0 aliphatic rings. The fourth-order valence-electron chi connectivity index (χ4n) is 2.28. The summed E-state index contributed by atoms with van der Waals surface area (Å²) in [5, 5.41) is 6.05. The summed E-state index contributed by atoms with van der Waals surface area (Å²) in [6.45, 7) is 2.91. The fourth-order valence-corrected chi connectivity index (χ4v) is 3.95. The van der Waals surface area contributed by atoms with Crippen molar-refractivity contribution in [2.75, 3.05) is 5.32 Å². The lowest BCUT2D eigenvalue weighted by Crippen LogP contribution is -2.44. The van der Waals surface area contributed by atoms with Crippen molar-refractivity contribution in [2.24, 2.45) is 0 Å². The van der Waals surface area contributed by atoms with Crippen LogP contribution in [0.15, 0.2) is 47.4 Å². The third kappa shape index (κ3) is 6.20. The number of anilines is 1. The molecule has 28 heavy (non-hydrogen) atoms. The van der Waals surface area contributed by atoms with Crippen LogP contribution in [0.2, 0.25) is 10.0 Å². The number of benzene rings is 2. The molecule has 0 unspecified atom stereocenters. The highest BCUT2D eigenvalue weighted by atomic mass is 35.5. The maximum Gasteiger partial charge on any atom is 0.241 e. The highest BCUT2D eigenvalue weighted by Crippen LogP contribution is 2.20. The molecule has 2 aromatic carbocycles. The predicted molar refractivity (Wildman–Crippen MR) is 109 cm³/mol. The van der Waals surface area contributed by atoms with Crippen LogP contribution in [0, 0.1) is 0 Å². The maximum absolute atomic E-state index is 12.4. The van der Waals surface area contributed by atoms with Crippen molar-refractivity contribution in [3.05, 3.63) is 58.1 Å². The SMILES string of the molecule is CC(=O)Nc1ccc(S(=O)(=O)N[C@@H](C)C(=O)NCc2ccc(Cl)cc2Cl)cc1. The molecule has 0 aliphatic heterocycles. The Bertz CT molecular complexity index is 979. The zero-order valence-electron chi connectivity index (χ0n) is 15.1. The van der Waals surface area contributed by atoms with Gasteiger partial charge in [-0.2, -0.15) is 4.72 Å². The Labute approximate surface area is 173 Å². The highest BCUT2D eigenvalue weighted by Gasteiger charge is 2.22. The van der Waals surface area contributed by atoms with E-state index in [0.717, 1.165) is 0 Å². The Kier molecular flexibility index (Phi) is 7.42. The fraction of sp³-hybridized carbons (Fsp3) is 0.222. The van der Waals surface area contributed by atoms with Gasteiger partial charge < -0.3 is 10.6 Å². The van der Waals surface area contributed by atoms with Gasteiger partial charge in [-0.15, -0.1) is 0 Å². The van der Waals surface area contributed by atoms with Gasteiger partial charge in [0.1, 0.15) is 0 Å². The molecule has 10 heteroatoms. The Hall–Kier alpha value is -2.13. The second kappa shape index (κ2) is 9.38. The Balaban J connectivity index is 1.98. The molecule has 0 bridgehead atoms. The molecule has 0 saturated carbocycles. The van der Waals surface area contributed by atoms with E-state index in [2.05, 4.69) is 15.4 Å². The van der Waals surface area contributed by atoms with Crippen molar-refractivity contribution in [3.8, 4) is 0 Å². The van der Waals surface area contributed by atoms with Crippen LogP contribution in [-0.2, 0) is 26.2 Å². The first kappa shape index (κ1) is 22.2. The number of carbonyl (C=O) groups excluding carboxylic acids is 2. The summed E-state index contributed by atoms with van der Waals surface area (Å²) in [7, 11) is -3.91. The standard InChI is InChI=1S/C18H19Cl2N3O4S/c1-11(18(25)21-10-13-3-4-14(19)9-17(13)20)23-28(26,27)16-7-5-15(6-8-16)22-12(2)24/h3-9,11,23H,10H2,1-2H3,(H,21,25)(H,22,24)/t11-/m0/s1. The van der Waals surface area contributed by atoms with Crippen molar-refractivity contribution in [1.82, 2.24) is 10.0 Å². The smallest absolute Gasteiger partial charge is 0.241 e. The minimum atomic E-state index is -3.91. The Morgan fingerprint density at radius 2 is 1.71 bits per heavy atom. The van der Waals surface area contributed by atoms with Gasteiger partial charge in [-0.05, 0) is 48.9 Å². The minimum absolute atomic E-state index is 0.0259. The summed E-state index contributed by atoms with van der Waals surface area (Å²) in [6, 6.07) is 9.47. The molecule has 3 N–H and O–H groups in total. The van der Waals surface area contributed by atoms with E-state index in [1.54, 1.807) is 18.2 Å². The average molecular weight is 444 g/mol. The zero-order valence-corrected chi connectivity index (χ0v) is 17.5. The van der Waals surface area contributed by atoms with Crippen LogP contribution in [0.5, 0.6) is 0 Å². The summed E-state index contributed by atoms with van der Waals surface area (Å²) in [6.07, 6.45) is 0. The lowest BCUT2D eigenvalue weighted by molar-refractivity contribution is -0.122. The summed E-state index contributed by atoms with van der Waals surface area (Å²) in [4.78, 5) is 23.2. The van der Waals surface area contributed by atoms with Gasteiger partial charge in [0.05, 0.1) is 10.9 Å². The van der Waals surface area contributed by atoms with E-state index in [1.165, 1.54) is 38.1 Å². The Morgan fingerprint density at radius 3 is 2.29 bits per heavy atom. The zero-order chi connectivity index (χ0) is 20.9. The van der Waals surface area contributed by atoms with Crippen molar-refractivity contribution < 1.29 is 18.0 Å². The molecule has 0 spiro atoms. The summed E-state index contributed by atoms with van der Waals surface area (Å²) >= 11 is 11.9. The summed E-state index contributed by atoms with van der Waals surface area (Å²) in [5.74, 6) is -0.774. The molecule has 0 heterocycles. The predicted octanol–water partition coefficient (Wildman–Crippen LogP) is 2.94. The van der Waals surface area contributed by atoms with Gasteiger partial charge >= 0.3 is 0 Å². The topological polar surface area (TPSA) is 104 Å². The average Bonchev–Trinajstić information content (AvgIpc) is 2.60. The molecule has 0 radical (unpaired) electrons. The van der Waals surface area contributed by atoms with E-state index >= 15 is 0 Å². The number of nitrogens with one attached hydrogen (secondary N) is 3. The first-order valence-corrected chi connectivity index (χ1v) is 10.4. The lowest BCUT2D eigenvalue weighted by atomic mass is 10.2. The first-order valence-electron chi connectivity index (χ1n) is 8.20. The highest BCUT2D eigenvalue weighted by molar-refractivity contribution is 7.89. The summed E-state index contributed by atoms with van der Waals surface area (Å²) in [5.41, 5.74) is 1.13. The molecule has 7 nitrogen and oxygen atoms in total. The molecule has 2 rings (SSSR count). The number of hydrogen-bond donors (Lipinski definition) is 3. The van der Waals surface area contributed by atoms with Gasteiger partial charge in [-0.1, -0.05) is 29.3 Å². The normalized spacial score (nSPS) is 12.3. The van der Waals surface area contributed by atoms with Gasteiger partial charge in [0.15, 0.2) is 0 Å². The van der Waals surface area contributed by atoms with E-state index in [0.29, 0.717) is 21.3 Å². The van der Waals surface area contributed by atoms with Crippen LogP contribution in [0.25, 0.3) is 0 Å². The molecule has 1 atom stereocenters. The van der Waals surface area contributed by atoms with Crippen LogP contribution in [0.3, 0.4) is 0 Å². The molecular formula is C18H19Cl2N3O4S. The van der Waals surface area contributed by atoms with Gasteiger partial charge in [-0.25, -0.2) is 8.42 Å². The quantitative estimate of drug-likeness (QED) is 0.611. The van der Waals surface area contributed by atoms with Crippen LogP contribution >= 0.6 is 23.2 Å². The van der Waals surface area contributed by atoms with E-state index < -0.39 is 22.0 Å². The van der Waals surface area contributed by atoms with E-state index in [-0.39, 0.29) is 17.3 Å². The second-order valence-corrected chi connectivity index (χ2v) is 8.56. The monoisotopic (exact) mass is 443 g/mol. The number of sulfonamides is 1. The molecule has 150 valence electrons. The van der Waals surface area contributed by atoms with Crippen LogP contribution < -0.4 is 15.4 Å². The third-order valence-electron chi connectivity index (χ3n) is 3.68. The van der Waals surface area contributed by atoms with Gasteiger partial charge in [0.25, 0.3) is 0 Å². The van der Waals surface area contributed by atoms with E-state index in [1.807, 2.05) is 0 Å². The summed E-state index contributed by atoms with van der Waals surface area (Å²) < 4.78 is 27.2. The molecule has 2 aromatic rings. The second-order valence-electron chi connectivity index (χ2n) is 6.00.